The topological polar surface area (TPSA) is 49.8 Å². The number of rotatable bonds is 4. The highest BCUT2D eigenvalue weighted by Crippen LogP contribution is 2.23. The molecule has 4 nitrogen and oxygen atoms in total. The van der Waals surface area contributed by atoms with Gasteiger partial charge in [0.2, 0.25) is 5.91 Å². The molecule has 1 amide bonds. The highest BCUT2D eigenvalue weighted by molar-refractivity contribution is 5.76. The van der Waals surface area contributed by atoms with E-state index in [0.717, 1.165) is 58.3 Å². The number of ether oxygens (including phenoxy) is 1. The lowest BCUT2D eigenvalue weighted by Gasteiger charge is -2.35. The summed E-state index contributed by atoms with van der Waals surface area (Å²) < 4.78 is 5.33. The van der Waals surface area contributed by atoms with Crippen molar-refractivity contribution in [1.82, 2.24) is 4.90 Å². The standard InChI is InChI=1S/C14H25NO3/c16-11-13-3-1-2-8-15(13)14(17)5-4-12-6-9-18-10-7-12/h12-13,16H,1-11H2. The minimum absolute atomic E-state index is 0.0703. The van der Waals surface area contributed by atoms with Crippen LogP contribution in [0.5, 0.6) is 0 Å². The van der Waals surface area contributed by atoms with Crippen LogP contribution in [0.3, 0.4) is 0 Å². The molecule has 2 fully saturated rings. The van der Waals surface area contributed by atoms with E-state index in [1.54, 1.807) is 0 Å². The molecule has 0 aromatic heterocycles. The van der Waals surface area contributed by atoms with Crippen LogP contribution in [0.1, 0.15) is 44.9 Å². The monoisotopic (exact) mass is 255 g/mol. The number of piperidine rings is 1. The zero-order chi connectivity index (χ0) is 12.8. The summed E-state index contributed by atoms with van der Waals surface area (Å²) in [7, 11) is 0. The van der Waals surface area contributed by atoms with Gasteiger partial charge in [-0.1, -0.05) is 0 Å². The largest absolute Gasteiger partial charge is 0.394 e. The zero-order valence-electron chi connectivity index (χ0n) is 11.1. The number of likely N-dealkylation sites (tertiary alicyclic amines) is 1. The van der Waals surface area contributed by atoms with Gasteiger partial charge < -0.3 is 14.7 Å². The van der Waals surface area contributed by atoms with Crippen LogP contribution in [0.15, 0.2) is 0 Å². The second-order valence-electron chi connectivity index (χ2n) is 5.51. The summed E-state index contributed by atoms with van der Waals surface area (Å²) >= 11 is 0. The highest BCUT2D eigenvalue weighted by Gasteiger charge is 2.26. The number of amides is 1. The van der Waals surface area contributed by atoms with E-state index >= 15 is 0 Å². The summed E-state index contributed by atoms with van der Waals surface area (Å²) in [5.41, 5.74) is 0. The summed E-state index contributed by atoms with van der Waals surface area (Å²) in [5, 5.41) is 9.32. The Labute approximate surface area is 109 Å². The van der Waals surface area contributed by atoms with Gasteiger partial charge >= 0.3 is 0 Å². The van der Waals surface area contributed by atoms with Crippen LogP contribution in [0.25, 0.3) is 0 Å². The van der Waals surface area contributed by atoms with Gasteiger partial charge in [-0.3, -0.25) is 4.79 Å². The molecule has 0 bridgehead atoms. The quantitative estimate of drug-likeness (QED) is 0.829. The predicted octanol–water partition coefficient (Wildman–Crippen LogP) is 1.57. The Morgan fingerprint density at radius 3 is 2.72 bits per heavy atom. The van der Waals surface area contributed by atoms with Crippen LogP contribution in [-0.2, 0) is 9.53 Å². The number of aliphatic hydroxyl groups is 1. The highest BCUT2D eigenvalue weighted by atomic mass is 16.5. The minimum Gasteiger partial charge on any atom is -0.394 e. The Bertz CT molecular complexity index is 264. The van der Waals surface area contributed by atoms with E-state index in [-0.39, 0.29) is 18.6 Å². The number of hydrogen-bond donors (Lipinski definition) is 1. The number of carbonyl (C=O) groups excluding carboxylic acids is 1. The van der Waals surface area contributed by atoms with Crippen molar-refractivity contribution >= 4 is 5.91 Å². The first-order chi connectivity index (χ1) is 8.81. The molecule has 104 valence electrons. The summed E-state index contributed by atoms with van der Waals surface area (Å²) in [4.78, 5) is 14.1. The van der Waals surface area contributed by atoms with Crippen LogP contribution in [0.2, 0.25) is 0 Å². The Morgan fingerprint density at radius 1 is 1.22 bits per heavy atom. The average Bonchev–Trinajstić information content (AvgIpc) is 2.45. The molecular weight excluding hydrogens is 230 g/mol. The van der Waals surface area contributed by atoms with Gasteiger partial charge in [0.1, 0.15) is 0 Å². The van der Waals surface area contributed by atoms with Gasteiger partial charge in [-0.15, -0.1) is 0 Å². The molecule has 0 radical (unpaired) electrons. The molecule has 1 unspecified atom stereocenters. The first-order valence-corrected chi connectivity index (χ1v) is 7.29. The predicted molar refractivity (Wildman–Crippen MR) is 69.2 cm³/mol. The Morgan fingerprint density at radius 2 is 2.00 bits per heavy atom. The van der Waals surface area contributed by atoms with Crippen LogP contribution in [-0.4, -0.2) is 48.3 Å². The molecule has 2 rings (SSSR count). The third-order valence-corrected chi connectivity index (χ3v) is 4.27. The molecule has 0 saturated carbocycles. The molecule has 18 heavy (non-hydrogen) atoms. The molecule has 2 heterocycles. The second kappa shape index (κ2) is 7.10. The fourth-order valence-electron chi connectivity index (χ4n) is 3.02. The van der Waals surface area contributed by atoms with Crippen molar-refractivity contribution in [2.45, 2.75) is 51.0 Å². The Kier molecular flexibility index (Phi) is 5.45. The Hall–Kier alpha value is -0.610. The molecule has 0 aromatic rings. The zero-order valence-corrected chi connectivity index (χ0v) is 11.1. The van der Waals surface area contributed by atoms with Crippen molar-refractivity contribution in [3.63, 3.8) is 0 Å². The van der Waals surface area contributed by atoms with Crippen LogP contribution in [0, 0.1) is 5.92 Å². The third-order valence-electron chi connectivity index (χ3n) is 4.27. The molecule has 1 N–H and O–H groups in total. The molecule has 2 saturated heterocycles. The van der Waals surface area contributed by atoms with Crippen molar-refractivity contribution in [2.24, 2.45) is 5.92 Å². The summed E-state index contributed by atoms with van der Waals surface area (Å²) in [6, 6.07) is 0.0703. The van der Waals surface area contributed by atoms with E-state index in [0.29, 0.717) is 12.3 Å². The molecular formula is C14H25NO3. The van der Waals surface area contributed by atoms with E-state index in [4.69, 9.17) is 4.74 Å². The maximum Gasteiger partial charge on any atom is 0.222 e. The smallest absolute Gasteiger partial charge is 0.222 e. The second-order valence-corrected chi connectivity index (χ2v) is 5.51. The van der Waals surface area contributed by atoms with Gasteiger partial charge in [0.25, 0.3) is 0 Å². The third kappa shape index (κ3) is 3.69. The lowest BCUT2D eigenvalue weighted by atomic mass is 9.94. The lowest BCUT2D eigenvalue weighted by molar-refractivity contribution is -0.136. The number of aliphatic hydroxyl groups excluding tert-OH is 1. The van der Waals surface area contributed by atoms with E-state index in [9.17, 15) is 9.90 Å². The molecule has 2 aliphatic heterocycles. The van der Waals surface area contributed by atoms with Crippen molar-refractivity contribution < 1.29 is 14.6 Å². The fourth-order valence-corrected chi connectivity index (χ4v) is 3.02. The van der Waals surface area contributed by atoms with Crippen LogP contribution >= 0.6 is 0 Å². The van der Waals surface area contributed by atoms with E-state index in [1.165, 1.54) is 0 Å². The number of carbonyl (C=O) groups is 1. The summed E-state index contributed by atoms with van der Waals surface area (Å²) in [5.74, 6) is 0.889. The lowest BCUT2D eigenvalue weighted by Crippen LogP contribution is -2.45. The fraction of sp³-hybridized carbons (Fsp3) is 0.929. The minimum atomic E-state index is 0.0703. The van der Waals surface area contributed by atoms with Crippen molar-refractivity contribution in [1.29, 1.82) is 0 Å². The van der Waals surface area contributed by atoms with Crippen LogP contribution < -0.4 is 0 Å². The Balaban J connectivity index is 1.75. The van der Waals surface area contributed by atoms with Crippen molar-refractivity contribution in [3.8, 4) is 0 Å². The van der Waals surface area contributed by atoms with E-state index < -0.39 is 0 Å². The molecule has 1 atom stereocenters. The summed E-state index contributed by atoms with van der Waals surface area (Å²) in [6.07, 6.45) is 6.99. The van der Waals surface area contributed by atoms with Gasteiger partial charge in [-0.25, -0.2) is 0 Å². The summed E-state index contributed by atoms with van der Waals surface area (Å²) in [6.45, 7) is 2.64. The van der Waals surface area contributed by atoms with Gasteiger partial charge in [-0.2, -0.15) is 0 Å². The van der Waals surface area contributed by atoms with E-state index in [1.807, 2.05) is 4.90 Å². The van der Waals surface area contributed by atoms with Gasteiger partial charge in [0, 0.05) is 26.2 Å². The first kappa shape index (κ1) is 13.8. The molecule has 0 aromatic carbocycles. The molecule has 0 aliphatic carbocycles. The van der Waals surface area contributed by atoms with Gasteiger partial charge in [-0.05, 0) is 44.4 Å². The molecule has 0 spiro atoms. The van der Waals surface area contributed by atoms with Crippen molar-refractivity contribution in [2.75, 3.05) is 26.4 Å². The number of hydrogen-bond acceptors (Lipinski definition) is 3. The normalized spacial score (nSPS) is 26.3. The van der Waals surface area contributed by atoms with E-state index in [2.05, 4.69) is 0 Å². The molecule has 2 aliphatic rings. The van der Waals surface area contributed by atoms with Gasteiger partial charge in [0.15, 0.2) is 0 Å². The van der Waals surface area contributed by atoms with Crippen molar-refractivity contribution in [3.05, 3.63) is 0 Å². The first-order valence-electron chi connectivity index (χ1n) is 7.29. The maximum absolute atomic E-state index is 12.2. The SMILES string of the molecule is O=C(CCC1CCOCC1)N1CCCCC1CO. The van der Waals surface area contributed by atoms with Gasteiger partial charge in [0.05, 0.1) is 12.6 Å². The number of nitrogens with zero attached hydrogens (tertiary/aromatic N) is 1. The molecule has 4 heteroatoms. The van der Waals surface area contributed by atoms with Crippen LogP contribution in [0.4, 0.5) is 0 Å². The average molecular weight is 255 g/mol. The maximum atomic E-state index is 12.2.